The van der Waals surface area contributed by atoms with Crippen LogP contribution in [-0.4, -0.2) is 85.7 Å². The molecule has 0 saturated carbocycles. The number of rotatable bonds is 11. The summed E-state index contributed by atoms with van der Waals surface area (Å²) in [6.45, 7) is 16.7. The summed E-state index contributed by atoms with van der Waals surface area (Å²) in [6, 6.07) is 25.6. The molecule has 7 rings (SSSR count). The number of piperidine rings is 2. The Balaban J connectivity index is 0.903. The molecule has 9 heteroatoms. The highest BCUT2D eigenvalue weighted by atomic mass is 16.5. The molecule has 0 radical (unpaired) electrons. The number of hydrogen-bond donors (Lipinski definition) is 3. The Bertz CT molecular complexity index is 1960. The van der Waals surface area contributed by atoms with E-state index >= 15 is 0 Å². The fraction of sp³-hybridized carbons (Fsp3) is 0.404. The molecule has 3 aromatic rings. The van der Waals surface area contributed by atoms with Crippen molar-refractivity contribution < 1.29 is 19.4 Å². The zero-order valence-corrected chi connectivity index (χ0v) is 33.0. The van der Waals surface area contributed by atoms with E-state index in [0.717, 1.165) is 64.4 Å². The standard InChI is InChI=1S/C47H57N5O4/c1-5-43(44(56-4)29-32(2)46(54)49-42-20-11-33(3)48-47(42)55)52-27-25-50(26-28-52)31-34-21-23-51(24-22-34)38-15-12-36(13-16-38)45-40(35-9-7-6-8-10-35)18-14-37-30-39(53)17-19-41(37)45/h5-10,12-13,15-17,19,29-30,34,40,42,45,53H,2-3,11,14,18,20-28,31H2,1,4H3,(H,48,55)(H,49,54)/b43-5+,44-29+. The smallest absolute Gasteiger partial charge is 0.251 e. The van der Waals surface area contributed by atoms with Crippen molar-refractivity contribution in [1.29, 1.82) is 0 Å². The van der Waals surface area contributed by atoms with Gasteiger partial charge in [0.1, 0.15) is 17.6 Å². The molecule has 3 unspecified atom stereocenters. The fourth-order valence-electron chi connectivity index (χ4n) is 9.18. The number of nitrogens with zero attached hydrogens (tertiary/aromatic N) is 3. The summed E-state index contributed by atoms with van der Waals surface area (Å²) in [5.41, 5.74) is 8.46. The van der Waals surface area contributed by atoms with Crippen LogP contribution in [0.2, 0.25) is 0 Å². The largest absolute Gasteiger partial charge is 0.508 e. The van der Waals surface area contributed by atoms with Gasteiger partial charge in [0, 0.05) is 68.7 Å². The summed E-state index contributed by atoms with van der Waals surface area (Å²) in [4.78, 5) is 32.7. The van der Waals surface area contributed by atoms with Crippen LogP contribution in [0, 0.1) is 5.92 Å². The molecule has 56 heavy (non-hydrogen) atoms. The van der Waals surface area contributed by atoms with Gasteiger partial charge in [0.05, 0.1) is 12.8 Å². The number of anilines is 1. The molecule has 0 spiro atoms. The number of aromatic hydroxyl groups is 1. The maximum Gasteiger partial charge on any atom is 0.251 e. The van der Waals surface area contributed by atoms with E-state index in [-0.39, 0.29) is 23.3 Å². The fourth-order valence-corrected chi connectivity index (χ4v) is 9.18. The highest BCUT2D eigenvalue weighted by Gasteiger charge is 2.33. The molecule has 1 aliphatic carbocycles. The van der Waals surface area contributed by atoms with Gasteiger partial charge in [0.25, 0.3) is 5.91 Å². The minimum Gasteiger partial charge on any atom is -0.508 e. The second-order valence-electron chi connectivity index (χ2n) is 15.8. The van der Waals surface area contributed by atoms with Crippen LogP contribution in [0.5, 0.6) is 5.75 Å². The van der Waals surface area contributed by atoms with Gasteiger partial charge in [-0.3, -0.25) is 14.5 Å². The lowest BCUT2D eigenvalue weighted by Gasteiger charge is -2.41. The van der Waals surface area contributed by atoms with Crippen LogP contribution in [0.25, 0.3) is 0 Å². The zero-order chi connectivity index (χ0) is 39.2. The van der Waals surface area contributed by atoms with Gasteiger partial charge in [0.15, 0.2) is 0 Å². The van der Waals surface area contributed by atoms with Crippen LogP contribution >= 0.6 is 0 Å². The lowest BCUT2D eigenvalue weighted by atomic mass is 9.69. The molecule has 2 amide bonds. The number of carbonyl (C=O) groups excluding carboxylic acids is 2. The van der Waals surface area contributed by atoms with Gasteiger partial charge in [-0.15, -0.1) is 0 Å². The van der Waals surface area contributed by atoms with Crippen LogP contribution in [0.1, 0.15) is 73.1 Å². The first-order valence-corrected chi connectivity index (χ1v) is 20.3. The maximum atomic E-state index is 12.9. The number of phenols is 1. The number of amides is 2. The minimum atomic E-state index is -0.602. The number of methoxy groups -OCH3 is 1. The number of allylic oxidation sites excluding steroid dienone is 2. The van der Waals surface area contributed by atoms with Crippen LogP contribution in [0.15, 0.2) is 121 Å². The van der Waals surface area contributed by atoms with Crippen molar-refractivity contribution in [3.63, 3.8) is 0 Å². The number of nitrogens with one attached hydrogen (secondary N) is 2. The summed E-state index contributed by atoms with van der Waals surface area (Å²) in [5.74, 6) is 1.63. The number of aryl methyl sites for hydroxylation is 1. The van der Waals surface area contributed by atoms with Crippen LogP contribution in [-0.2, 0) is 20.7 Å². The van der Waals surface area contributed by atoms with E-state index < -0.39 is 6.04 Å². The van der Waals surface area contributed by atoms with E-state index in [2.05, 4.69) is 99.2 Å². The van der Waals surface area contributed by atoms with Crippen LogP contribution in [0.4, 0.5) is 5.69 Å². The number of piperazine rings is 1. The Morgan fingerprint density at radius 1 is 0.929 bits per heavy atom. The Labute approximate surface area is 332 Å². The number of carbonyl (C=O) groups is 2. The van der Waals surface area contributed by atoms with E-state index in [9.17, 15) is 14.7 Å². The van der Waals surface area contributed by atoms with Crippen LogP contribution < -0.4 is 15.5 Å². The topological polar surface area (TPSA) is 97.4 Å². The molecular weight excluding hydrogens is 699 g/mol. The van der Waals surface area contributed by atoms with Crippen molar-refractivity contribution in [3.05, 3.63) is 143 Å². The second-order valence-corrected chi connectivity index (χ2v) is 15.8. The lowest BCUT2D eigenvalue weighted by molar-refractivity contribution is -0.127. The van der Waals surface area contributed by atoms with E-state index in [4.69, 9.17) is 4.74 Å². The molecule has 0 aromatic heterocycles. The summed E-state index contributed by atoms with van der Waals surface area (Å²) in [6.07, 6.45) is 9.24. The lowest BCUT2D eigenvalue weighted by Crippen LogP contribution is -2.49. The van der Waals surface area contributed by atoms with E-state index in [1.165, 1.54) is 40.8 Å². The molecule has 3 heterocycles. The Morgan fingerprint density at radius 3 is 2.34 bits per heavy atom. The van der Waals surface area contributed by atoms with Crippen molar-refractivity contribution in [2.45, 2.75) is 63.3 Å². The molecule has 9 nitrogen and oxygen atoms in total. The summed E-state index contributed by atoms with van der Waals surface area (Å²) >= 11 is 0. The molecule has 3 aromatic carbocycles. The summed E-state index contributed by atoms with van der Waals surface area (Å²) in [5, 5.41) is 15.7. The zero-order valence-electron chi connectivity index (χ0n) is 33.0. The Hall–Kier alpha value is -5.28. The first-order chi connectivity index (χ1) is 27.2. The molecule has 3 N–H and O–H groups in total. The van der Waals surface area contributed by atoms with Gasteiger partial charge in [-0.2, -0.15) is 0 Å². The number of ether oxygens (including phenoxy) is 1. The van der Waals surface area contributed by atoms with Gasteiger partial charge in [-0.25, -0.2) is 0 Å². The monoisotopic (exact) mass is 755 g/mol. The van der Waals surface area contributed by atoms with Crippen molar-refractivity contribution in [1.82, 2.24) is 20.4 Å². The first-order valence-electron chi connectivity index (χ1n) is 20.3. The number of benzene rings is 3. The van der Waals surface area contributed by atoms with Crippen molar-refractivity contribution in [2.75, 3.05) is 57.8 Å². The minimum absolute atomic E-state index is 0.243. The van der Waals surface area contributed by atoms with Gasteiger partial charge < -0.3 is 30.3 Å². The summed E-state index contributed by atoms with van der Waals surface area (Å²) in [7, 11) is 1.61. The quantitative estimate of drug-likeness (QED) is 0.110. The third-order valence-corrected chi connectivity index (χ3v) is 12.3. The second kappa shape index (κ2) is 17.7. The van der Waals surface area contributed by atoms with Crippen molar-refractivity contribution in [2.24, 2.45) is 5.92 Å². The molecule has 3 aliphatic heterocycles. The van der Waals surface area contributed by atoms with Gasteiger partial charge >= 0.3 is 0 Å². The van der Waals surface area contributed by atoms with E-state index in [0.29, 0.717) is 41.9 Å². The van der Waals surface area contributed by atoms with Crippen molar-refractivity contribution in [3.8, 4) is 5.75 Å². The summed E-state index contributed by atoms with van der Waals surface area (Å²) < 4.78 is 5.77. The van der Waals surface area contributed by atoms with E-state index in [1.54, 1.807) is 13.2 Å². The van der Waals surface area contributed by atoms with Gasteiger partial charge in [-0.05, 0) is 110 Å². The molecule has 3 fully saturated rings. The molecule has 294 valence electrons. The van der Waals surface area contributed by atoms with Crippen molar-refractivity contribution >= 4 is 17.5 Å². The molecular formula is C47H57N5O4. The predicted molar refractivity (Wildman–Crippen MR) is 223 cm³/mol. The first kappa shape index (κ1) is 39.0. The van der Waals surface area contributed by atoms with Gasteiger partial charge in [-0.1, -0.05) is 67.8 Å². The normalized spacial score (nSPS) is 22.6. The highest BCUT2D eigenvalue weighted by Crippen LogP contribution is 2.47. The number of phenolic OH excluding ortho intramolecular Hbond substituents is 1. The highest BCUT2D eigenvalue weighted by molar-refractivity contribution is 5.99. The van der Waals surface area contributed by atoms with Gasteiger partial charge in [0.2, 0.25) is 5.91 Å². The maximum absolute atomic E-state index is 12.9. The van der Waals surface area contributed by atoms with E-state index in [1.807, 2.05) is 25.1 Å². The number of hydrogen-bond acceptors (Lipinski definition) is 7. The SMILES string of the molecule is C=C1CCC(NC(=O)C(=C)/C=C(OC)\C(=C/C)N2CCN(CC3CCN(c4ccc(C5c6ccc(O)cc6CCC5c5ccccc5)cc4)CC3)CC2)C(=O)N1. The average Bonchev–Trinajstić information content (AvgIpc) is 3.22. The Kier molecular flexibility index (Phi) is 12.3. The average molecular weight is 756 g/mol. The predicted octanol–water partition coefficient (Wildman–Crippen LogP) is 6.99. The number of fused-ring (bicyclic) bond motifs is 1. The third-order valence-electron chi connectivity index (χ3n) is 12.3. The third kappa shape index (κ3) is 8.89. The molecule has 3 saturated heterocycles. The molecule has 3 atom stereocenters. The molecule has 0 bridgehead atoms. The van der Waals surface area contributed by atoms with Crippen LogP contribution in [0.3, 0.4) is 0 Å². The Morgan fingerprint density at radius 2 is 1.66 bits per heavy atom. The molecule has 4 aliphatic rings.